The molecule has 0 amide bonds. The standard InChI is InChI=1S/C12H12ClN/c1-9-3-2-4-12(14-9)10-5-7-11(13)8-6-10/h4-8,14H,1-3H2. The van der Waals surface area contributed by atoms with Crippen molar-refractivity contribution >= 4 is 17.3 Å². The zero-order valence-electron chi connectivity index (χ0n) is 7.89. The highest BCUT2D eigenvalue weighted by Crippen LogP contribution is 2.21. The number of hydrogen-bond acceptors (Lipinski definition) is 1. The molecule has 0 aromatic heterocycles. The summed E-state index contributed by atoms with van der Waals surface area (Å²) in [5.74, 6) is 0. The van der Waals surface area contributed by atoms with Gasteiger partial charge >= 0.3 is 0 Å². The van der Waals surface area contributed by atoms with Gasteiger partial charge < -0.3 is 5.32 Å². The normalized spacial score (nSPS) is 16.1. The molecule has 1 aliphatic heterocycles. The van der Waals surface area contributed by atoms with Gasteiger partial charge in [-0.3, -0.25) is 0 Å². The van der Waals surface area contributed by atoms with Crippen LogP contribution in [0.25, 0.3) is 5.70 Å². The molecule has 0 saturated carbocycles. The van der Waals surface area contributed by atoms with Crippen LogP contribution in [0, 0.1) is 0 Å². The SMILES string of the molecule is C=C1CCC=C(c2ccc(Cl)cc2)N1. The molecule has 0 radical (unpaired) electrons. The van der Waals surface area contributed by atoms with Gasteiger partial charge in [0.05, 0.1) is 0 Å². The molecular weight excluding hydrogens is 194 g/mol. The fourth-order valence-electron chi connectivity index (χ4n) is 1.51. The zero-order chi connectivity index (χ0) is 9.97. The molecule has 1 nitrogen and oxygen atoms in total. The van der Waals surface area contributed by atoms with Crippen LogP contribution in [0.15, 0.2) is 42.6 Å². The van der Waals surface area contributed by atoms with Crippen LogP contribution < -0.4 is 5.32 Å². The molecule has 0 aliphatic carbocycles. The summed E-state index contributed by atoms with van der Waals surface area (Å²) in [6, 6.07) is 7.83. The number of rotatable bonds is 1. The number of nitrogens with one attached hydrogen (secondary N) is 1. The molecule has 1 N–H and O–H groups in total. The zero-order valence-corrected chi connectivity index (χ0v) is 8.64. The molecule has 0 saturated heterocycles. The Labute approximate surface area is 89.1 Å². The van der Waals surface area contributed by atoms with Crippen LogP contribution >= 0.6 is 11.6 Å². The van der Waals surface area contributed by atoms with E-state index < -0.39 is 0 Å². The number of benzene rings is 1. The Hall–Kier alpha value is -1.21. The topological polar surface area (TPSA) is 12.0 Å². The van der Waals surface area contributed by atoms with Gasteiger partial charge in [0.1, 0.15) is 0 Å². The van der Waals surface area contributed by atoms with Gasteiger partial charge in [0.15, 0.2) is 0 Å². The van der Waals surface area contributed by atoms with Crippen molar-refractivity contribution in [2.45, 2.75) is 12.8 Å². The second-order valence-corrected chi connectivity index (χ2v) is 3.83. The van der Waals surface area contributed by atoms with E-state index in [4.69, 9.17) is 11.6 Å². The quantitative estimate of drug-likeness (QED) is 0.739. The van der Waals surface area contributed by atoms with Gasteiger partial charge in [0, 0.05) is 16.4 Å². The molecule has 0 fully saturated rings. The minimum atomic E-state index is 0.768. The summed E-state index contributed by atoms with van der Waals surface area (Å²) in [7, 11) is 0. The molecule has 14 heavy (non-hydrogen) atoms. The molecule has 0 bridgehead atoms. The maximum atomic E-state index is 5.82. The van der Waals surface area contributed by atoms with Crippen LogP contribution in [0.5, 0.6) is 0 Å². The molecule has 1 aromatic rings. The van der Waals surface area contributed by atoms with Crippen LogP contribution in [0.1, 0.15) is 18.4 Å². The van der Waals surface area contributed by atoms with E-state index in [0.717, 1.165) is 34.8 Å². The van der Waals surface area contributed by atoms with Crippen LogP contribution in [0.2, 0.25) is 5.02 Å². The van der Waals surface area contributed by atoms with Crippen molar-refractivity contribution in [1.82, 2.24) is 5.32 Å². The molecule has 2 rings (SSSR count). The Balaban J connectivity index is 2.26. The van der Waals surface area contributed by atoms with Crippen LogP contribution in [-0.4, -0.2) is 0 Å². The fraction of sp³-hybridized carbons (Fsp3) is 0.167. The Bertz CT molecular complexity index is 376. The smallest absolute Gasteiger partial charge is 0.0414 e. The molecule has 1 heterocycles. The van der Waals surface area contributed by atoms with Gasteiger partial charge in [-0.05, 0) is 30.5 Å². The van der Waals surface area contributed by atoms with Crippen LogP contribution in [0.3, 0.4) is 0 Å². The van der Waals surface area contributed by atoms with Crippen molar-refractivity contribution in [3.63, 3.8) is 0 Å². The first kappa shape index (κ1) is 9.35. The molecule has 1 aromatic carbocycles. The minimum Gasteiger partial charge on any atom is -0.359 e. The Morgan fingerprint density at radius 1 is 1.21 bits per heavy atom. The lowest BCUT2D eigenvalue weighted by Gasteiger charge is -2.18. The van der Waals surface area contributed by atoms with Gasteiger partial charge in [-0.15, -0.1) is 0 Å². The minimum absolute atomic E-state index is 0.768. The van der Waals surface area contributed by atoms with E-state index in [1.54, 1.807) is 0 Å². The lowest BCUT2D eigenvalue weighted by molar-refractivity contribution is 0.860. The fourth-order valence-corrected chi connectivity index (χ4v) is 1.64. The highest BCUT2D eigenvalue weighted by molar-refractivity contribution is 6.30. The predicted octanol–water partition coefficient (Wildman–Crippen LogP) is 3.58. The Morgan fingerprint density at radius 3 is 2.57 bits per heavy atom. The molecule has 72 valence electrons. The third-order valence-electron chi connectivity index (χ3n) is 2.26. The predicted molar refractivity (Wildman–Crippen MR) is 60.9 cm³/mol. The Kier molecular flexibility index (Phi) is 2.60. The largest absolute Gasteiger partial charge is 0.359 e. The average molecular weight is 206 g/mol. The molecular formula is C12H12ClN. The van der Waals surface area contributed by atoms with Gasteiger partial charge in [0.25, 0.3) is 0 Å². The van der Waals surface area contributed by atoms with Crippen molar-refractivity contribution < 1.29 is 0 Å². The van der Waals surface area contributed by atoms with Crippen LogP contribution in [0.4, 0.5) is 0 Å². The second-order valence-electron chi connectivity index (χ2n) is 3.39. The van der Waals surface area contributed by atoms with Gasteiger partial charge in [0.2, 0.25) is 0 Å². The van der Waals surface area contributed by atoms with Crippen molar-refractivity contribution in [2.24, 2.45) is 0 Å². The summed E-state index contributed by atoms with van der Waals surface area (Å²) < 4.78 is 0. The average Bonchev–Trinajstić information content (AvgIpc) is 2.19. The second kappa shape index (κ2) is 3.89. The van der Waals surface area contributed by atoms with Crippen molar-refractivity contribution in [2.75, 3.05) is 0 Å². The third kappa shape index (κ3) is 1.99. The van der Waals surface area contributed by atoms with Gasteiger partial charge in [-0.2, -0.15) is 0 Å². The van der Waals surface area contributed by atoms with E-state index in [2.05, 4.69) is 18.0 Å². The first-order valence-electron chi connectivity index (χ1n) is 4.66. The van der Waals surface area contributed by atoms with E-state index >= 15 is 0 Å². The van der Waals surface area contributed by atoms with E-state index in [-0.39, 0.29) is 0 Å². The summed E-state index contributed by atoms with van der Waals surface area (Å²) in [6.07, 6.45) is 4.28. The lowest BCUT2D eigenvalue weighted by Crippen LogP contribution is -2.14. The monoisotopic (exact) mass is 205 g/mol. The summed E-state index contributed by atoms with van der Waals surface area (Å²) in [6.45, 7) is 3.93. The van der Waals surface area contributed by atoms with Gasteiger partial charge in [-0.25, -0.2) is 0 Å². The summed E-state index contributed by atoms with van der Waals surface area (Å²) >= 11 is 5.82. The van der Waals surface area contributed by atoms with E-state index in [1.807, 2.05) is 24.3 Å². The van der Waals surface area contributed by atoms with E-state index in [1.165, 1.54) is 0 Å². The lowest BCUT2D eigenvalue weighted by atomic mass is 10.1. The molecule has 0 atom stereocenters. The van der Waals surface area contributed by atoms with E-state index in [0.29, 0.717) is 0 Å². The highest BCUT2D eigenvalue weighted by atomic mass is 35.5. The first-order valence-corrected chi connectivity index (χ1v) is 5.04. The van der Waals surface area contributed by atoms with Crippen molar-refractivity contribution in [1.29, 1.82) is 0 Å². The Morgan fingerprint density at radius 2 is 1.93 bits per heavy atom. The summed E-state index contributed by atoms with van der Waals surface area (Å²) in [5.41, 5.74) is 3.38. The first-order chi connectivity index (χ1) is 6.75. The molecule has 1 aliphatic rings. The van der Waals surface area contributed by atoms with Crippen molar-refractivity contribution in [3.05, 3.63) is 53.2 Å². The molecule has 0 unspecified atom stereocenters. The summed E-state index contributed by atoms with van der Waals surface area (Å²) in [5, 5.41) is 4.04. The summed E-state index contributed by atoms with van der Waals surface area (Å²) in [4.78, 5) is 0. The maximum absolute atomic E-state index is 5.82. The van der Waals surface area contributed by atoms with Crippen LogP contribution in [-0.2, 0) is 0 Å². The third-order valence-corrected chi connectivity index (χ3v) is 2.51. The highest BCUT2D eigenvalue weighted by Gasteiger charge is 2.06. The molecule has 0 spiro atoms. The maximum Gasteiger partial charge on any atom is 0.0414 e. The number of hydrogen-bond donors (Lipinski definition) is 1. The number of allylic oxidation sites excluding steroid dienone is 2. The van der Waals surface area contributed by atoms with Crippen molar-refractivity contribution in [3.8, 4) is 0 Å². The molecule has 2 heteroatoms. The number of halogens is 1. The van der Waals surface area contributed by atoms with E-state index in [9.17, 15) is 0 Å². The van der Waals surface area contributed by atoms with Gasteiger partial charge in [-0.1, -0.05) is 36.4 Å².